The van der Waals surface area contributed by atoms with Crippen LogP contribution < -0.4 is 10.6 Å². The molecule has 2 heterocycles. The predicted octanol–water partition coefficient (Wildman–Crippen LogP) is 2.80. The monoisotopic (exact) mass is 441 g/mol. The zero-order chi connectivity index (χ0) is 22.7. The van der Waals surface area contributed by atoms with E-state index >= 15 is 0 Å². The molecule has 0 radical (unpaired) electrons. The van der Waals surface area contributed by atoms with Gasteiger partial charge >= 0.3 is 0 Å². The topological polar surface area (TPSA) is 96.3 Å². The Morgan fingerprint density at radius 1 is 1.19 bits per heavy atom. The van der Waals surface area contributed by atoms with E-state index in [-0.39, 0.29) is 36.0 Å². The van der Waals surface area contributed by atoms with Crippen molar-refractivity contribution in [2.75, 3.05) is 13.6 Å². The van der Waals surface area contributed by atoms with Crippen molar-refractivity contribution >= 4 is 17.7 Å². The van der Waals surface area contributed by atoms with Crippen molar-refractivity contribution in [1.82, 2.24) is 25.3 Å². The second-order valence-corrected chi connectivity index (χ2v) is 9.63. The van der Waals surface area contributed by atoms with E-state index in [1.54, 1.807) is 14.0 Å². The molecule has 1 saturated carbocycles. The van der Waals surface area contributed by atoms with Gasteiger partial charge in [0.25, 0.3) is 11.8 Å². The van der Waals surface area contributed by atoms with Gasteiger partial charge in [0.2, 0.25) is 5.91 Å². The smallest absolute Gasteiger partial charge is 0.272 e. The largest absolute Gasteiger partial charge is 0.351 e. The van der Waals surface area contributed by atoms with Crippen molar-refractivity contribution in [3.05, 3.63) is 29.1 Å². The van der Waals surface area contributed by atoms with Crippen LogP contribution >= 0.6 is 0 Å². The summed E-state index contributed by atoms with van der Waals surface area (Å²) in [5.74, 6) is -0.739. The lowest BCUT2D eigenvalue weighted by Crippen LogP contribution is -2.63. The van der Waals surface area contributed by atoms with Crippen LogP contribution in [0.15, 0.2) is 17.7 Å². The number of amides is 3. The summed E-state index contributed by atoms with van der Waals surface area (Å²) in [5, 5.41) is 10.4. The van der Waals surface area contributed by atoms with E-state index in [0.717, 1.165) is 44.9 Å². The molecule has 174 valence electrons. The number of hydrogen-bond donors (Lipinski definition) is 2. The third-order valence-corrected chi connectivity index (χ3v) is 7.28. The molecular weight excluding hydrogens is 406 g/mol. The molecule has 2 aliphatic carbocycles. The molecule has 0 aromatic carbocycles. The Morgan fingerprint density at radius 2 is 1.97 bits per heavy atom. The van der Waals surface area contributed by atoms with Gasteiger partial charge in [-0.15, -0.1) is 0 Å². The van der Waals surface area contributed by atoms with Gasteiger partial charge in [-0.1, -0.05) is 30.9 Å². The number of aromatic nitrogens is 2. The number of nitrogens with zero attached hydrogens (tertiary/aromatic N) is 3. The minimum atomic E-state index is -1.05. The van der Waals surface area contributed by atoms with Crippen LogP contribution in [-0.4, -0.2) is 57.6 Å². The van der Waals surface area contributed by atoms with E-state index < -0.39 is 5.54 Å². The minimum Gasteiger partial charge on any atom is -0.351 e. The first-order chi connectivity index (χ1) is 15.4. The van der Waals surface area contributed by atoms with Gasteiger partial charge in [0.15, 0.2) is 5.69 Å². The third-order valence-electron chi connectivity index (χ3n) is 7.28. The fourth-order valence-corrected chi connectivity index (χ4v) is 4.98. The summed E-state index contributed by atoms with van der Waals surface area (Å²) >= 11 is 0. The van der Waals surface area contributed by atoms with Crippen molar-refractivity contribution in [2.24, 2.45) is 0 Å². The molecule has 1 unspecified atom stereocenters. The fraction of sp³-hybridized carbons (Fsp3) is 0.667. The van der Waals surface area contributed by atoms with Crippen LogP contribution in [0.5, 0.6) is 0 Å². The van der Waals surface area contributed by atoms with Crippen molar-refractivity contribution in [1.29, 1.82) is 0 Å². The number of carbonyl (C=O) groups is 3. The standard InChI is InChI=1S/C24H35N5O3/c1-24(23(32)26-18-11-7-4-8-12-18)16-29-20(22(31)28(24)2)15-19(27-29)21(30)25-14-13-17-9-5-3-6-10-17/h9,15,18H,3-8,10-14,16H2,1-2H3,(H,25,30)(H,26,32). The molecule has 0 spiro atoms. The fourth-order valence-electron chi connectivity index (χ4n) is 4.98. The van der Waals surface area contributed by atoms with E-state index in [9.17, 15) is 14.4 Å². The number of allylic oxidation sites excluding steroid dienone is 1. The zero-order valence-corrected chi connectivity index (χ0v) is 19.3. The van der Waals surface area contributed by atoms with E-state index in [0.29, 0.717) is 12.2 Å². The number of fused-ring (bicyclic) bond motifs is 1. The lowest BCUT2D eigenvalue weighted by atomic mass is 9.92. The number of likely N-dealkylation sites (N-methyl/N-ethyl adjacent to an activating group) is 1. The second kappa shape index (κ2) is 9.46. The molecule has 8 nitrogen and oxygen atoms in total. The summed E-state index contributed by atoms with van der Waals surface area (Å²) < 4.78 is 1.52. The molecule has 2 N–H and O–H groups in total. The molecular formula is C24H35N5O3. The SMILES string of the molecule is CN1C(=O)c2cc(C(=O)NCCC3=CCCCC3)nn2CC1(C)C(=O)NC1CCCCC1. The second-order valence-electron chi connectivity index (χ2n) is 9.63. The first-order valence-electron chi connectivity index (χ1n) is 12.0. The zero-order valence-electron chi connectivity index (χ0n) is 19.3. The molecule has 3 amide bonds. The Hall–Kier alpha value is -2.64. The van der Waals surface area contributed by atoms with Gasteiger partial charge in [0.1, 0.15) is 11.2 Å². The average Bonchev–Trinajstić information content (AvgIpc) is 3.23. The molecule has 1 fully saturated rings. The first-order valence-corrected chi connectivity index (χ1v) is 12.0. The Labute approximate surface area is 189 Å². The Morgan fingerprint density at radius 3 is 2.69 bits per heavy atom. The minimum absolute atomic E-state index is 0.159. The molecule has 3 aliphatic rings. The lowest BCUT2D eigenvalue weighted by molar-refractivity contribution is -0.133. The normalized spacial score (nSPS) is 24.0. The lowest BCUT2D eigenvalue weighted by Gasteiger charge is -2.41. The van der Waals surface area contributed by atoms with Gasteiger partial charge in [-0.25, -0.2) is 0 Å². The van der Waals surface area contributed by atoms with Gasteiger partial charge in [-0.05, 0) is 51.9 Å². The molecule has 0 bridgehead atoms. The van der Waals surface area contributed by atoms with Crippen molar-refractivity contribution in [3.8, 4) is 0 Å². The summed E-state index contributed by atoms with van der Waals surface area (Å²) in [7, 11) is 1.65. The number of hydrogen-bond acceptors (Lipinski definition) is 4. The maximum atomic E-state index is 13.2. The maximum Gasteiger partial charge on any atom is 0.272 e. The number of nitrogens with one attached hydrogen (secondary N) is 2. The molecule has 4 rings (SSSR count). The quantitative estimate of drug-likeness (QED) is 0.664. The summed E-state index contributed by atoms with van der Waals surface area (Å²) in [6.45, 7) is 2.55. The Bertz CT molecular complexity index is 915. The average molecular weight is 442 g/mol. The predicted molar refractivity (Wildman–Crippen MR) is 121 cm³/mol. The number of rotatable bonds is 6. The third kappa shape index (κ3) is 4.59. The van der Waals surface area contributed by atoms with Crippen LogP contribution in [0.2, 0.25) is 0 Å². The van der Waals surface area contributed by atoms with Gasteiger partial charge in [-0.2, -0.15) is 5.10 Å². The van der Waals surface area contributed by atoms with E-state index in [1.165, 1.54) is 40.5 Å². The summed E-state index contributed by atoms with van der Waals surface area (Å²) in [4.78, 5) is 40.3. The van der Waals surface area contributed by atoms with Crippen LogP contribution in [0.3, 0.4) is 0 Å². The van der Waals surface area contributed by atoms with Crippen molar-refractivity contribution < 1.29 is 14.4 Å². The molecule has 1 aliphatic heterocycles. The van der Waals surface area contributed by atoms with Crippen LogP contribution in [0, 0.1) is 0 Å². The van der Waals surface area contributed by atoms with E-state index in [1.807, 2.05) is 0 Å². The van der Waals surface area contributed by atoms with Gasteiger partial charge < -0.3 is 15.5 Å². The highest BCUT2D eigenvalue weighted by molar-refractivity contribution is 6.01. The van der Waals surface area contributed by atoms with Crippen molar-refractivity contribution in [3.63, 3.8) is 0 Å². The molecule has 32 heavy (non-hydrogen) atoms. The van der Waals surface area contributed by atoms with Gasteiger partial charge in [-0.3, -0.25) is 19.1 Å². The van der Waals surface area contributed by atoms with Crippen LogP contribution in [0.25, 0.3) is 0 Å². The summed E-state index contributed by atoms with van der Waals surface area (Å²) in [6.07, 6.45) is 13.2. The highest BCUT2D eigenvalue weighted by Gasteiger charge is 2.46. The van der Waals surface area contributed by atoms with Gasteiger partial charge in [0, 0.05) is 25.7 Å². The van der Waals surface area contributed by atoms with Crippen LogP contribution in [0.1, 0.15) is 92.1 Å². The highest BCUT2D eigenvalue weighted by Crippen LogP contribution is 2.27. The van der Waals surface area contributed by atoms with E-state index in [2.05, 4.69) is 21.8 Å². The van der Waals surface area contributed by atoms with Gasteiger partial charge in [0.05, 0.1) is 6.54 Å². The van der Waals surface area contributed by atoms with E-state index in [4.69, 9.17) is 0 Å². The first kappa shape index (κ1) is 22.6. The van der Waals surface area contributed by atoms with Crippen LogP contribution in [0.4, 0.5) is 0 Å². The number of carbonyl (C=O) groups excluding carboxylic acids is 3. The highest BCUT2D eigenvalue weighted by atomic mass is 16.2. The van der Waals surface area contributed by atoms with Crippen molar-refractivity contribution in [2.45, 2.75) is 89.3 Å². The Balaban J connectivity index is 1.41. The molecule has 1 aromatic rings. The molecule has 1 aromatic heterocycles. The Kier molecular flexibility index (Phi) is 6.67. The summed E-state index contributed by atoms with van der Waals surface area (Å²) in [5.41, 5.74) is 0.915. The molecule has 8 heteroatoms. The summed E-state index contributed by atoms with van der Waals surface area (Å²) in [6, 6.07) is 1.70. The molecule has 1 atom stereocenters. The van der Waals surface area contributed by atoms with Crippen LogP contribution in [-0.2, 0) is 11.3 Å². The molecule has 0 saturated heterocycles. The maximum absolute atomic E-state index is 13.2.